The number of hydrogen-bond donors (Lipinski definition) is 0. The highest BCUT2D eigenvalue weighted by atomic mass is 32.1. The molecule has 0 unspecified atom stereocenters. The zero-order valence-corrected chi connectivity index (χ0v) is 8.95. The summed E-state index contributed by atoms with van der Waals surface area (Å²) in [6, 6.07) is 5.97. The number of rotatable bonds is 2. The summed E-state index contributed by atoms with van der Waals surface area (Å²) in [5, 5.41) is 0.644. The Kier molecular flexibility index (Phi) is 2.42. The minimum absolute atomic E-state index is 0.240. The van der Waals surface area contributed by atoms with Gasteiger partial charge in [-0.05, 0) is 24.1 Å². The zero-order valence-electron chi connectivity index (χ0n) is 8.13. The van der Waals surface area contributed by atoms with Gasteiger partial charge in [-0.25, -0.2) is 0 Å². The van der Waals surface area contributed by atoms with E-state index in [1.165, 1.54) is 12.7 Å². The van der Waals surface area contributed by atoms with Gasteiger partial charge in [0.2, 0.25) is 5.13 Å². The topological polar surface area (TPSA) is 9.23 Å². The van der Waals surface area contributed by atoms with Gasteiger partial charge in [0.15, 0.2) is 5.75 Å². The van der Waals surface area contributed by atoms with Crippen molar-refractivity contribution in [1.82, 2.24) is 0 Å². The van der Waals surface area contributed by atoms with Gasteiger partial charge in [0.05, 0.1) is 7.11 Å². The molecule has 0 bridgehead atoms. The van der Waals surface area contributed by atoms with E-state index in [0.29, 0.717) is 5.75 Å². The molecule has 1 aromatic heterocycles. The second-order valence-electron chi connectivity index (χ2n) is 3.09. The molecule has 0 fully saturated rings. The number of hydrogen-bond acceptors (Lipinski definition) is 2. The monoisotopic (exact) mass is 210 g/mol. The average molecular weight is 210 g/mol. The first-order valence-electron chi connectivity index (χ1n) is 4.51. The van der Waals surface area contributed by atoms with Crippen LogP contribution in [0, 0.1) is 5.13 Å². The van der Waals surface area contributed by atoms with E-state index in [4.69, 9.17) is 4.74 Å². The molecular weight excluding hydrogens is 199 g/mol. The Labute approximate surface area is 86.1 Å². The molecule has 14 heavy (non-hydrogen) atoms. The van der Waals surface area contributed by atoms with E-state index in [9.17, 15) is 4.39 Å². The molecule has 0 saturated heterocycles. The molecule has 3 heteroatoms. The summed E-state index contributed by atoms with van der Waals surface area (Å²) >= 11 is 1.13. The molecule has 0 N–H and O–H groups in total. The third kappa shape index (κ3) is 1.38. The van der Waals surface area contributed by atoms with Gasteiger partial charge >= 0.3 is 0 Å². The number of fused-ring (bicyclic) bond motifs is 1. The highest BCUT2D eigenvalue weighted by Crippen LogP contribution is 2.36. The molecule has 0 aliphatic rings. The van der Waals surface area contributed by atoms with Crippen molar-refractivity contribution in [2.45, 2.75) is 13.3 Å². The van der Waals surface area contributed by atoms with Crippen LogP contribution in [0.1, 0.15) is 12.5 Å². The summed E-state index contributed by atoms with van der Waals surface area (Å²) in [6.45, 7) is 2.08. The Bertz CT molecular complexity index is 462. The SMILES string of the molecule is CCc1ccc2sc(F)c(OC)c2c1. The predicted molar refractivity (Wildman–Crippen MR) is 57.7 cm³/mol. The highest BCUT2D eigenvalue weighted by Gasteiger charge is 2.12. The lowest BCUT2D eigenvalue weighted by atomic mass is 10.1. The summed E-state index contributed by atoms with van der Waals surface area (Å²) in [6.07, 6.45) is 0.955. The van der Waals surface area contributed by atoms with Gasteiger partial charge in [0.1, 0.15) is 0 Å². The Morgan fingerprint density at radius 3 is 2.86 bits per heavy atom. The molecule has 0 atom stereocenters. The molecule has 0 amide bonds. The standard InChI is InChI=1S/C11H11FOS/c1-3-7-4-5-9-8(6-7)10(13-2)11(12)14-9/h4-6H,3H2,1-2H3. The van der Waals surface area contributed by atoms with Crippen LogP contribution in [0.25, 0.3) is 10.1 Å². The first kappa shape index (κ1) is 9.46. The summed E-state index contributed by atoms with van der Waals surface area (Å²) < 4.78 is 19.3. The maximum Gasteiger partial charge on any atom is 0.219 e. The van der Waals surface area contributed by atoms with Crippen LogP contribution in [0.15, 0.2) is 18.2 Å². The lowest BCUT2D eigenvalue weighted by Crippen LogP contribution is -1.84. The molecule has 74 valence electrons. The second kappa shape index (κ2) is 3.58. The molecule has 0 aliphatic heterocycles. The zero-order chi connectivity index (χ0) is 10.1. The fourth-order valence-electron chi connectivity index (χ4n) is 1.50. The molecule has 0 spiro atoms. The Morgan fingerprint density at radius 1 is 1.43 bits per heavy atom. The largest absolute Gasteiger partial charge is 0.492 e. The molecule has 2 rings (SSSR count). The number of benzene rings is 1. The van der Waals surface area contributed by atoms with Crippen molar-refractivity contribution >= 4 is 21.4 Å². The van der Waals surface area contributed by atoms with Crippen LogP contribution < -0.4 is 4.74 Å². The van der Waals surface area contributed by atoms with Crippen LogP contribution in [-0.2, 0) is 6.42 Å². The van der Waals surface area contributed by atoms with Crippen LogP contribution in [0.3, 0.4) is 0 Å². The van der Waals surface area contributed by atoms with Crippen LogP contribution in [-0.4, -0.2) is 7.11 Å². The average Bonchev–Trinajstić information content (AvgIpc) is 2.52. The van der Waals surface area contributed by atoms with Crippen molar-refractivity contribution in [2.75, 3.05) is 7.11 Å². The molecule has 1 nitrogen and oxygen atoms in total. The van der Waals surface area contributed by atoms with E-state index in [2.05, 4.69) is 6.92 Å². The summed E-state index contributed by atoms with van der Waals surface area (Å²) in [5.41, 5.74) is 1.20. The number of thiophene rings is 1. The normalized spacial score (nSPS) is 10.8. The number of methoxy groups -OCH3 is 1. The quantitative estimate of drug-likeness (QED) is 0.735. The van der Waals surface area contributed by atoms with Gasteiger partial charge in [0, 0.05) is 10.1 Å². The van der Waals surface area contributed by atoms with Gasteiger partial charge in [0.25, 0.3) is 0 Å². The lowest BCUT2D eigenvalue weighted by molar-refractivity contribution is 0.398. The van der Waals surface area contributed by atoms with Crippen molar-refractivity contribution in [3.8, 4) is 5.75 Å². The second-order valence-corrected chi connectivity index (χ2v) is 4.10. The van der Waals surface area contributed by atoms with E-state index in [1.807, 2.05) is 18.2 Å². The molecule has 1 heterocycles. The number of ether oxygens (including phenoxy) is 1. The van der Waals surface area contributed by atoms with Crippen molar-refractivity contribution < 1.29 is 9.13 Å². The first-order valence-corrected chi connectivity index (χ1v) is 5.32. The first-order chi connectivity index (χ1) is 6.76. The fourth-order valence-corrected chi connectivity index (χ4v) is 2.38. The van der Waals surface area contributed by atoms with Crippen molar-refractivity contribution in [1.29, 1.82) is 0 Å². The summed E-state index contributed by atoms with van der Waals surface area (Å²) in [4.78, 5) is 0. The molecule has 0 aliphatic carbocycles. The third-order valence-corrected chi connectivity index (χ3v) is 3.22. The van der Waals surface area contributed by atoms with E-state index >= 15 is 0 Å². The molecule has 0 saturated carbocycles. The molecular formula is C11H11FOS. The minimum Gasteiger partial charge on any atom is -0.492 e. The Balaban J connectivity index is 2.71. The van der Waals surface area contributed by atoms with Crippen molar-refractivity contribution in [2.24, 2.45) is 0 Å². The van der Waals surface area contributed by atoms with Crippen LogP contribution >= 0.6 is 11.3 Å². The van der Waals surface area contributed by atoms with Crippen LogP contribution in [0.4, 0.5) is 4.39 Å². The summed E-state index contributed by atoms with van der Waals surface area (Å²) in [7, 11) is 1.50. The van der Waals surface area contributed by atoms with Crippen molar-refractivity contribution in [3.63, 3.8) is 0 Å². The van der Waals surface area contributed by atoms with Gasteiger partial charge in [-0.2, -0.15) is 4.39 Å². The lowest BCUT2D eigenvalue weighted by Gasteiger charge is -1.99. The molecule has 0 radical (unpaired) electrons. The fraction of sp³-hybridized carbons (Fsp3) is 0.273. The smallest absolute Gasteiger partial charge is 0.219 e. The minimum atomic E-state index is -0.240. The van der Waals surface area contributed by atoms with Crippen LogP contribution in [0.2, 0.25) is 0 Å². The van der Waals surface area contributed by atoms with E-state index in [-0.39, 0.29) is 5.13 Å². The Hall–Kier alpha value is -1.09. The van der Waals surface area contributed by atoms with E-state index in [0.717, 1.165) is 27.8 Å². The van der Waals surface area contributed by atoms with Gasteiger partial charge in [-0.3, -0.25) is 0 Å². The van der Waals surface area contributed by atoms with E-state index < -0.39 is 0 Å². The van der Waals surface area contributed by atoms with Gasteiger partial charge < -0.3 is 4.74 Å². The third-order valence-electron chi connectivity index (χ3n) is 2.28. The van der Waals surface area contributed by atoms with E-state index in [1.54, 1.807) is 0 Å². The van der Waals surface area contributed by atoms with Crippen molar-refractivity contribution in [3.05, 3.63) is 28.9 Å². The highest BCUT2D eigenvalue weighted by molar-refractivity contribution is 7.17. The number of aryl methyl sites for hydroxylation is 1. The number of halogens is 1. The Morgan fingerprint density at radius 2 is 2.21 bits per heavy atom. The summed E-state index contributed by atoms with van der Waals surface area (Å²) in [5.74, 6) is 0.375. The van der Waals surface area contributed by atoms with Gasteiger partial charge in [-0.1, -0.05) is 13.0 Å². The van der Waals surface area contributed by atoms with Crippen LogP contribution in [0.5, 0.6) is 5.75 Å². The maximum absolute atomic E-state index is 13.3. The van der Waals surface area contributed by atoms with Gasteiger partial charge in [-0.15, -0.1) is 11.3 Å². The molecule has 1 aromatic carbocycles. The predicted octanol–water partition coefficient (Wildman–Crippen LogP) is 3.61. The molecule has 2 aromatic rings. The maximum atomic E-state index is 13.3.